The molecule has 1 saturated heterocycles. The number of carbonyl (C=O) groups is 1. The van der Waals surface area contributed by atoms with Gasteiger partial charge in [-0.15, -0.1) is 10.2 Å². The van der Waals surface area contributed by atoms with Crippen molar-refractivity contribution in [2.45, 2.75) is 19.4 Å². The maximum atomic E-state index is 12.8. The highest BCUT2D eigenvalue weighted by molar-refractivity contribution is 7.17. The molecule has 9 heteroatoms. The van der Waals surface area contributed by atoms with Crippen LogP contribution in [0.2, 0.25) is 0 Å². The average molecular weight is 428 g/mol. The van der Waals surface area contributed by atoms with Gasteiger partial charge in [-0.1, -0.05) is 23.5 Å². The Bertz CT molecular complexity index is 988. The van der Waals surface area contributed by atoms with Gasteiger partial charge >= 0.3 is 0 Å². The standard InChI is InChI=1S/C21H25N5O3S/c1-28-17-9-5-7-15(18(17)29-2)13-22-19(27)16-8-6-12-26(14-16)21-24-23-20(30-21)25-10-3-4-11-25/h3-5,7,9-11,16H,6,8,12-14H2,1-2H3,(H,22,27)/t16-/m0/s1. The summed E-state index contributed by atoms with van der Waals surface area (Å²) in [4.78, 5) is 15.0. The average Bonchev–Trinajstić information content (AvgIpc) is 3.49. The van der Waals surface area contributed by atoms with Crippen LogP contribution in [0.15, 0.2) is 42.7 Å². The summed E-state index contributed by atoms with van der Waals surface area (Å²) in [6.45, 7) is 1.92. The summed E-state index contributed by atoms with van der Waals surface area (Å²) in [5, 5.41) is 13.3. The fourth-order valence-electron chi connectivity index (χ4n) is 3.69. The molecule has 3 heterocycles. The van der Waals surface area contributed by atoms with E-state index in [-0.39, 0.29) is 11.8 Å². The Morgan fingerprint density at radius 2 is 1.97 bits per heavy atom. The van der Waals surface area contributed by atoms with Crippen molar-refractivity contribution in [1.82, 2.24) is 20.1 Å². The lowest BCUT2D eigenvalue weighted by Crippen LogP contribution is -2.43. The Hall–Kier alpha value is -3.07. The minimum atomic E-state index is -0.0886. The van der Waals surface area contributed by atoms with Crippen molar-refractivity contribution >= 4 is 22.4 Å². The van der Waals surface area contributed by atoms with Crippen molar-refractivity contribution in [1.29, 1.82) is 0 Å². The second-order valence-corrected chi connectivity index (χ2v) is 8.05. The molecule has 0 spiro atoms. The number of amides is 1. The van der Waals surface area contributed by atoms with E-state index in [0.29, 0.717) is 24.6 Å². The number of ether oxygens (including phenoxy) is 2. The molecule has 1 atom stereocenters. The van der Waals surface area contributed by atoms with E-state index >= 15 is 0 Å². The van der Waals surface area contributed by atoms with E-state index in [9.17, 15) is 4.79 Å². The Kier molecular flexibility index (Phi) is 6.18. The van der Waals surface area contributed by atoms with Crippen molar-refractivity contribution < 1.29 is 14.3 Å². The molecule has 1 fully saturated rings. The predicted molar refractivity (Wildman–Crippen MR) is 116 cm³/mol. The Balaban J connectivity index is 1.38. The van der Waals surface area contributed by atoms with Crippen LogP contribution in [0.3, 0.4) is 0 Å². The van der Waals surface area contributed by atoms with E-state index in [0.717, 1.165) is 35.2 Å². The molecule has 3 aromatic rings. The molecule has 0 radical (unpaired) electrons. The van der Waals surface area contributed by atoms with E-state index in [2.05, 4.69) is 20.4 Å². The zero-order valence-electron chi connectivity index (χ0n) is 17.1. The van der Waals surface area contributed by atoms with Crippen molar-refractivity contribution in [2.24, 2.45) is 5.92 Å². The number of carbonyl (C=O) groups excluding carboxylic acids is 1. The van der Waals surface area contributed by atoms with Gasteiger partial charge in [-0.2, -0.15) is 0 Å². The highest BCUT2D eigenvalue weighted by Crippen LogP contribution is 2.31. The van der Waals surface area contributed by atoms with E-state index in [4.69, 9.17) is 9.47 Å². The van der Waals surface area contributed by atoms with Crippen LogP contribution >= 0.6 is 11.3 Å². The fraction of sp³-hybridized carbons (Fsp3) is 0.381. The van der Waals surface area contributed by atoms with Gasteiger partial charge in [-0.3, -0.25) is 9.36 Å². The first kappa shape index (κ1) is 20.2. The Labute approximate surface area is 179 Å². The molecule has 2 aromatic heterocycles. The summed E-state index contributed by atoms with van der Waals surface area (Å²) >= 11 is 1.53. The second-order valence-electron chi connectivity index (χ2n) is 7.11. The lowest BCUT2D eigenvalue weighted by atomic mass is 9.97. The summed E-state index contributed by atoms with van der Waals surface area (Å²) in [6.07, 6.45) is 5.70. The van der Waals surface area contributed by atoms with Crippen LogP contribution in [-0.2, 0) is 11.3 Å². The molecule has 1 aliphatic heterocycles. The zero-order chi connectivity index (χ0) is 20.9. The predicted octanol–water partition coefficient (Wildman–Crippen LogP) is 2.88. The molecule has 158 valence electrons. The largest absolute Gasteiger partial charge is 0.493 e. The number of hydrogen-bond donors (Lipinski definition) is 1. The van der Waals surface area contributed by atoms with E-state index in [1.807, 2.05) is 47.3 Å². The minimum Gasteiger partial charge on any atom is -0.493 e. The Morgan fingerprint density at radius 3 is 2.73 bits per heavy atom. The monoisotopic (exact) mass is 427 g/mol. The first-order chi connectivity index (χ1) is 14.7. The third-order valence-corrected chi connectivity index (χ3v) is 6.23. The SMILES string of the molecule is COc1cccc(CNC(=O)[C@H]2CCCN(c3nnc(-n4cccc4)s3)C2)c1OC. The van der Waals surface area contributed by atoms with Gasteiger partial charge in [0.15, 0.2) is 11.5 Å². The van der Waals surface area contributed by atoms with E-state index < -0.39 is 0 Å². The zero-order valence-corrected chi connectivity index (χ0v) is 17.9. The van der Waals surface area contributed by atoms with Gasteiger partial charge in [0.2, 0.25) is 16.2 Å². The number of hydrogen-bond acceptors (Lipinski definition) is 7. The molecule has 1 N–H and O–H groups in total. The first-order valence-corrected chi connectivity index (χ1v) is 10.7. The third-order valence-electron chi connectivity index (χ3n) is 5.23. The van der Waals surface area contributed by atoms with Gasteiger partial charge < -0.3 is 19.7 Å². The fourth-order valence-corrected chi connectivity index (χ4v) is 4.54. The van der Waals surface area contributed by atoms with Crippen LogP contribution in [0.4, 0.5) is 5.13 Å². The van der Waals surface area contributed by atoms with Gasteiger partial charge in [0.05, 0.1) is 20.1 Å². The summed E-state index contributed by atoms with van der Waals surface area (Å²) in [7, 11) is 3.21. The molecular formula is C21H25N5O3S. The second kappa shape index (κ2) is 9.17. The number of para-hydroxylation sites is 1. The van der Waals surface area contributed by atoms with Gasteiger partial charge in [0.25, 0.3) is 0 Å². The molecule has 8 nitrogen and oxygen atoms in total. The van der Waals surface area contributed by atoms with Crippen LogP contribution in [0.1, 0.15) is 18.4 Å². The number of anilines is 1. The summed E-state index contributed by atoms with van der Waals surface area (Å²) in [6, 6.07) is 9.58. The van der Waals surface area contributed by atoms with Crippen LogP contribution in [-0.4, -0.2) is 48.0 Å². The summed E-state index contributed by atoms with van der Waals surface area (Å²) < 4.78 is 12.7. The van der Waals surface area contributed by atoms with E-state index in [1.54, 1.807) is 14.2 Å². The summed E-state index contributed by atoms with van der Waals surface area (Å²) in [5.74, 6) is 1.26. The number of nitrogens with zero attached hydrogens (tertiary/aromatic N) is 4. The van der Waals surface area contributed by atoms with Crippen molar-refractivity contribution in [3.8, 4) is 16.6 Å². The van der Waals surface area contributed by atoms with E-state index in [1.165, 1.54) is 11.3 Å². The molecule has 0 unspecified atom stereocenters. The third kappa shape index (κ3) is 4.25. The van der Waals surface area contributed by atoms with Crippen LogP contribution in [0.25, 0.3) is 5.13 Å². The molecule has 0 aliphatic carbocycles. The highest BCUT2D eigenvalue weighted by atomic mass is 32.1. The molecule has 30 heavy (non-hydrogen) atoms. The molecule has 0 saturated carbocycles. The molecular weight excluding hydrogens is 402 g/mol. The molecule has 1 amide bonds. The number of aromatic nitrogens is 3. The maximum Gasteiger partial charge on any atom is 0.225 e. The number of nitrogens with one attached hydrogen (secondary N) is 1. The topological polar surface area (TPSA) is 81.5 Å². The quantitative estimate of drug-likeness (QED) is 0.624. The number of benzene rings is 1. The van der Waals surface area contributed by atoms with Crippen molar-refractivity contribution in [2.75, 3.05) is 32.2 Å². The van der Waals surface area contributed by atoms with Crippen LogP contribution in [0.5, 0.6) is 11.5 Å². The summed E-state index contributed by atoms with van der Waals surface area (Å²) in [5.41, 5.74) is 0.887. The van der Waals surface area contributed by atoms with Crippen LogP contribution in [0, 0.1) is 5.92 Å². The number of piperidine rings is 1. The van der Waals surface area contributed by atoms with Gasteiger partial charge in [-0.05, 0) is 31.0 Å². The first-order valence-electron chi connectivity index (χ1n) is 9.89. The van der Waals surface area contributed by atoms with Gasteiger partial charge in [0.1, 0.15) is 0 Å². The molecule has 4 rings (SSSR count). The van der Waals surface area contributed by atoms with Crippen molar-refractivity contribution in [3.05, 3.63) is 48.3 Å². The molecule has 1 aromatic carbocycles. The lowest BCUT2D eigenvalue weighted by molar-refractivity contribution is -0.125. The smallest absolute Gasteiger partial charge is 0.225 e. The van der Waals surface area contributed by atoms with Crippen molar-refractivity contribution in [3.63, 3.8) is 0 Å². The number of methoxy groups -OCH3 is 2. The van der Waals surface area contributed by atoms with Gasteiger partial charge in [-0.25, -0.2) is 0 Å². The highest BCUT2D eigenvalue weighted by Gasteiger charge is 2.28. The van der Waals surface area contributed by atoms with Crippen LogP contribution < -0.4 is 19.7 Å². The lowest BCUT2D eigenvalue weighted by Gasteiger charge is -2.31. The normalized spacial score (nSPS) is 16.3. The van der Waals surface area contributed by atoms with Gasteiger partial charge in [0, 0.05) is 37.6 Å². The Morgan fingerprint density at radius 1 is 1.17 bits per heavy atom. The maximum absolute atomic E-state index is 12.8. The minimum absolute atomic E-state index is 0.0414. The molecule has 0 bridgehead atoms. The number of rotatable bonds is 7. The molecule has 1 aliphatic rings.